The van der Waals surface area contributed by atoms with E-state index in [-0.39, 0.29) is 6.42 Å². The van der Waals surface area contributed by atoms with E-state index in [0.29, 0.717) is 35.9 Å². The molecule has 5 rings (SSSR count). The molecule has 1 saturated heterocycles. The predicted molar refractivity (Wildman–Crippen MR) is 125 cm³/mol. The molecular formula is C26H28N4O4. The van der Waals surface area contributed by atoms with Crippen molar-refractivity contribution in [3.63, 3.8) is 0 Å². The van der Waals surface area contributed by atoms with E-state index in [0.717, 1.165) is 42.9 Å². The van der Waals surface area contributed by atoms with E-state index >= 15 is 0 Å². The number of hydrogen-bond acceptors (Lipinski definition) is 6. The Balaban J connectivity index is 1.14. The second kappa shape index (κ2) is 9.45. The Labute approximate surface area is 198 Å². The van der Waals surface area contributed by atoms with E-state index in [1.807, 2.05) is 41.1 Å². The molecule has 2 aliphatic rings. The van der Waals surface area contributed by atoms with Gasteiger partial charge in [0.15, 0.2) is 5.76 Å². The Bertz CT molecular complexity index is 1210. The van der Waals surface area contributed by atoms with Crippen LogP contribution in [0.25, 0.3) is 11.3 Å². The van der Waals surface area contributed by atoms with Crippen LogP contribution in [0.3, 0.4) is 0 Å². The van der Waals surface area contributed by atoms with Crippen molar-refractivity contribution in [2.45, 2.75) is 32.4 Å². The van der Waals surface area contributed by atoms with Crippen molar-refractivity contribution in [3.8, 4) is 23.1 Å². The van der Waals surface area contributed by atoms with Gasteiger partial charge in [-0.05, 0) is 43.9 Å². The van der Waals surface area contributed by atoms with E-state index in [1.165, 1.54) is 0 Å². The fourth-order valence-corrected chi connectivity index (χ4v) is 4.87. The smallest absolute Gasteiger partial charge is 0.303 e. The number of nitrogens with zero attached hydrogens (tertiary/aromatic N) is 4. The van der Waals surface area contributed by atoms with Crippen LogP contribution in [0.2, 0.25) is 0 Å². The SMILES string of the molecule is C[C@H](O)c1nccn1Cc1cc(-c2ccc(C#CC3C4CN(CCCC(=O)O)CC34)cc2)no1. The third-order valence-electron chi connectivity index (χ3n) is 6.70. The predicted octanol–water partition coefficient (Wildman–Crippen LogP) is 3.03. The summed E-state index contributed by atoms with van der Waals surface area (Å²) in [5.41, 5.74) is 2.70. The van der Waals surface area contributed by atoms with Crippen LogP contribution in [0.1, 0.15) is 43.0 Å². The van der Waals surface area contributed by atoms with Gasteiger partial charge >= 0.3 is 5.97 Å². The number of fused-ring (bicyclic) bond motifs is 1. The third-order valence-corrected chi connectivity index (χ3v) is 6.70. The van der Waals surface area contributed by atoms with E-state index in [9.17, 15) is 9.90 Å². The highest BCUT2D eigenvalue weighted by Crippen LogP contribution is 2.51. The number of piperidine rings is 1. The number of aromatic nitrogens is 3. The maximum absolute atomic E-state index is 10.7. The first-order valence-corrected chi connectivity index (χ1v) is 11.7. The van der Waals surface area contributed by atoms with Crippen molar-refractivity contribution in [2.75, 3.05) is 19.6 Å². The molecule has 8 heteroatoms. The maximum Gasteiger partial charge on any atom is 0.303 e. The molecule has 2 fully saturated rings. The minimum absolute atomic E-state index is 0.245. The van der Waals surface area contributed by atoms with Crippen molar-refractivity contribution in [2.24, 2.45) is 17.8 Å². The Kier molecular flexibility index (Phi) is 6.22. The zero-order valence-corrected chi connectivity index (χ0v) is 19.1. The molecule has 2 aromatic heterocycles. The molecular weight excluding hydrogens is 432 g/mol. The molecule has 0 radical (unpaired) electrons. The van der Waals surface area contributed by atoms with Crippen LogP contribution in [0.5, 0.6) is 0 Å². The number of rotatable bonds is 8. The second-order valence-corrected chi connectivity index (χ2v) is 9.22. The summed E-state index contributed by atoms with van der Waals surface area (Å²) in [6, 6.07) is 9.92. The molecule has 1 saturated carbocycles. The molecule has 0 bridgehead atoms. The topological polar surface area (TPSA) is 105 Å². The standard InChI is InChI=1S/C26H28N4O4/c1-17(31)26-27-10-12-30(26)14-20-13-24(28-34-20)19-7-4-18(5-8-19)6-9-21-22-15-29(16-23(21)22)11-2-3-25(32)33/h4-5,7-8,10,12-13,17,21-23,31H,2-3,11,14-16H2,1H3,(H,32,33)/t17-,21?,22?,23?/m0/s1. The number of aliphatic hydroxyl groups excluding tert-OH is 1. The van der Waals surface area contributed by atoms with Crippen LogP contribution in [-0.2, 0) is 11.3 Å². The number of carboxylic acid groups (broad SMARTS) is 1. The highest BCUT2D eigenvalue weighted by atomic mass is 16.5. The van der Waals surface area contributed by atoms with Gasteiger partial charge in [0, 0.05) is 55.0 Å². The van der Waals surface area contributed by atoms with Gasteiger partial charge in [-0.1, -0.05) is 29.1 Å². The maximum atomic E-state index is 10.7. The minimum atomic E-state index is -0.719. The van der Waals surface area contributed by atoms with Crippen LogP contribution in [0.15, 0.2) is 47.2 Å². The van der Waals surface area contributed by atoms with Gasteiger partial charge in [0.05, 0.1) is 6.54 Å². The van der Waals surface area contributed by atoms with Gasteiger partial charge in [0.25, 0.3) is 0 Å². The van der Waals surface area contributed by atoms with Crippen molar-refractivity contribution in [3.05, 3.63) is 59.9 Å². The van der Waals surface area contributed by atoms with E-state index in [2.05, 4.69) is 26.9 Å². The summed E-state index contributed by atoms with van der Waals surface area (Å²) in [7, 11) is 0. The van der Waals surface area contributed by atoms with Crippen molar-refractivity contribution < 1.29 is 19.5 Å². The van der Waals surface area contributed by atoms with Crippen LogP contribution < -0.4 is 0 Å². The van der Waals surface area contributed by atoms with Gasteiger partial charge in [-0.15, -0.1) is 0 Å². The van der Waals surface area contributed by atoms with Gasteiger partial charge in [-0.2, -0.15) is 0 Å². The highest BCUT2D eigenvalue weighted by molar-refractivity contribution is 5.66. The van der Waals surface area contributed by atoms with Crippen LogP contribution in [0, 0.1) is 29.6 Å². The zero-order chi connectivity index (χ0) is 23.7. The Morgan fingerprint density at radius 1 is 1.26 bits per heavy atom. The first kappa shape index (κ1) is 22.4. The lowest BCUT2D eigenvalue weighted by molar-refractivity contribution is -0.137. The summed E-state index contributed by atoms with van der Waals surface area (Å²) in [5, 5.41) is 22.8. The third kappa shape index (κ3) is 4.91. The van der Waals surface area contributed by atoms with Gasteiger partial charge in [0.2, 0.25) is 0 Å². The van der Waals surface area contributed by atoms with Crippen molar-refractivity contribution in [1.29, 1.82) is 0 Å². The lowest BCUT2D eigenvalue weighted by Crippen LogP contribution is -2.25. The molecule has 34 heavy (non-hydrogen) atoms. The van der Waals surface area contributed by atoms with E-state index < -0.39 is 12.1 Å². The van der Waals surface area contributed by atoms with Crippen molar-refractivity contribution in [1.82, 2.24) is 19.6 Å². The summed E-state index contributed by atoms with van der Waals surface area (Å²) in [4.78, 5) is 17.2. The molecule has 3 atom stereocenters. The lowest BCUT2D eigenvalue weighted by atomic mass is 10.1. The molecule has 3 aromatic rings. The Hall–Kier alpha value is -3.41. The fourth-order valence-electron chi connectivity index (χ4n) is 4.87. The highest BCUT2D eigenvalue weighted by Gasteiger charge is 2.54. The van der Waals surface area contributed by atoms with Gasteiger partial charge < -0.3 is 24.2 Å². The number of benzene rings is 1. The lowest BCUT2D eigenvalue weighted by Gasteiger charge is -2.17. The number of aliphatic hydroxyl groups is 1. The van der Waals surface area contributed by atoms with Crippen LogP contribution >= 0.6 is 0 Å². The minimum Gasteiger partial charge on any atom is -0.481 e. The molecule has 2 unspecified atom stereocenters. The average Bonchev–Trinajstić information content (AvgIpc) is 3.30. The van der Waals surface area contributed by atoms with Gasteiger partial charge in [0.1, 0.15) is 17.6 Å². The number of imidazole rings is 1. The van der Waals surface area contributed by atoms with Gasteiger partial charge in [-0.25, -0.2) is 4.98 Å². The summed E-state index contributed by atoms with van der Waals surface area (Å²) >= 11 is 0. The normalized spacial score (nSPS) is 22.1. The Morgan fingerprint density at radius 3 is 2.74 bits per heavy atom. The Morgan fingerprint density at radius 2 is 2.03 bits per heavy atom. The zero-order valence-electron chi connectivity index (χ0n) is 19.1. The number of likely N-dealkylation sites (tertiary alicyclic amines) is 1. The fraction of sp³-hybridized carbons (Fsp3) is 0.423. The van der Waals surface area contributed by atoms with E-state index in [4.69, 9.17) is 9.63 Å². The molecule has 176 valence electrons. The average molecular weight is 461 g/mol. The number of carbonyl (C=O) groups is 1. The number of hydrogen-bond donors (Lipinski definition) is 2. The molecule has 0 spiro atoms. The van der Waals surface area contributed by atoms with E-state index in [1.54, 1.807) is 13.1 Å². The molecule has 3 heterocycles. The second-order valence-electron chi connectivity index (χ2n) is 9.22. The van der Waals surface area contributed by atoms with Gasteiger partial charge in [-0.3, -0.25) is 4.79 Å². The summed E-state index contributed by atoms with van der Waals surface area (Å²) in [5.74, 6) is 9.04. The summed E-state index contributed by atoms with van der Waals surface area (Å²) in [6.45, 7) is 5.08. The van der Waals surface area contributed by atoms with Crippen molar-refractivity contribution >= 4 is 5.97 Å². The molecule has 1 aromatic carbocycles. The number of carboxylic acids is 1. The quantitative estimate of drug-likeness (QED) is 0.498. The largest absolute Gasteiger partial charge is 0.481 e. The van der Waals surface area contributed by atoms with Crippen LogP contribution in [-0.4, -0.2) is 55.4 Å². The summed E-state index contributed by atoms with van der Waals surface area (Å²) in [6.07, 6.45) is 3.78. The monoisotopic (exact) mass is 460 g/mol. The molecule has 8 nitrogen and oxygen atoms in total. The van der Waals surface area contributed by atoms with Crippen LogP contribution in [0.4, 0.5) is 0 Å². The molecule has 0 amide bonds. The molecule has 1 aliphatic carbocycles. The number of aliphatic carboxylic acids is 1. The molecule has 1 aliphatic heterocycles. The molecule has 2 N–H and O–H groups in total. The first-order valence-electron chi connectivity index (χ1n) is 11.7. The first-order chi connectivity index (χ1) is 16.5. The summed E-state index contributed by atoms with van der Waals surface area (Å²) < 4.78 is 7.33.